The van der Waals surface area contributed by atoms with Crippen molar-refractivity contribution >= 4 is 11.9 Å². The van der Waals surface area contributed by atoms with E-state index in [1.807, 2.05) is 0 Å². The van der Waals surface area contributed by atoms with Crippen LogP contribution in [0.2, 0.25) is 0 Å². The summed E-state index contributed by atoms with van der Waals surface area (Å²) in [6.45, 7) is 4.98. The minimum absolute atomic E-state index is 0.0640. The third-order valence-corrected chi connectivity index (χ3v) is 3.68. The zero-order chi connectivity index (χ0) is 13.5. The van der Waals surface area contributed by atoms with Crippen LogP contribution in [0.3, 0.4) is 0 Å². The van der Waals surface area contributed by atoms with Crippen molar-refractivity contribution in [3.63, 3.8) is 0 Å². The van der Waals surface area contributed by atoms with Crippen molar-refractivity contribution in [2.45, 2.75) is 52.4 Å². The maximum absolute atomic E-state index is 12.0. The fourth-order valence-electron chi connectivity index (χ4n) is 2.59. The van der Waals surface area contributed by atoms with E-state index >= 15 is 0 Å². The molecule has 2 atom stereocenters. The summed E-state index contributed by atoms with van der Waals surface area (Å²) in [7, 11) is 0. The van der Waals surface area contributed by atoms with Gasteiger partial charge in [0, 0.05) is 6.54 Å². The van der Waals surface area contributed by atoms with Crippen LogP contribution in [0, 0.1) is 17.8 Å². The number of rotatable bonds is 6. The first kappa shape index (κ1) is 15.0. The number of hydrogen-bond donors (Lipinski definition) is 2. The lowest BCUT2D eigenvalue weighted by Gasteiger charge is -2.27. The first-order valence-corrected chi connectivity index (χ1v) is 7.03. The summed E-state index contributed by atoms with van der Waals surface area (Å²) < 4.78 is 0. The SMILES string of the molecule is CC(C)CCCNC(=O)[C@@H]1CCCC[C@@H]1C(=O)O. The molecule has 1 aliphatic carbocycles. The number of aliphatic carboxylic acids is 1. The number of carboxylic acid groups (broad SMARTS) is 1. The lowest BCUT2D eigenvalue weighted by atomic mass is 9.78. The van der Waals surface area contributed by atoms with Crippen LogP contribution in [0.4, 0.5) is 0 Å². The third-order valence-electron chi connectivity index (χ3n) is 3.68. The topological polar surface area (TPSA) is 66.4 Å². The van der Waals surface area contributed by atoms with Crippen molar-refractivity contribution in [2.75, 3.05) is 6.54 Å². The Morgan fingerprint density at radius 1 is 1.22 bits per heavy atom. The molecule has 1 amide bonds. The van der Waals surface area contributed by atoms with Crippen molar-refractivity contribution in [3.05, 3.63) is 0 Å². The van der Waals surface area contributed by atoms with E-state index in [0.717, 1.165) is 25.7 Å². The quantitative estimate of drug-likeness (QED) is 0.716. The Bertz CT molecular complexity index is 289. The van der Waals surface area contributed by atoms with E-state index in [1.165, 1.54) is 0 Å². The van der Waals surface area contributed by atoms with Gasteiger partial charge in [-0.1, -0.05) is 26.7 Å². The minimum Gasteiger partial charge on any atom is -0.481 e. The van der Waals surface area contributed by atoms with Crippen LogP contribution < -0.4 is 5.32 Å². The highest BCUT2D eigenvalue weighted by Crippen LogP contribution is 2.30. The van der Waals surface area contributed by atoms with Crippen LogP contribution in [-0.4, -0.2) is 23.5 Å². The largest absolute Gasteiger partial charge is 0.481 e. The second-order valence-electron chi connectivity index (χ2n) is 5.66. The number of carboxylic acids is 1. The van der Waals surface area contributed by atoms with Crippen molar-refractivity contribution in [1.29, 1.82) is 0 Å². The molecule has 1 aliphatic rings. The van der Waals surface area contributed by atoms with Crippen LogP contribution in [0.1, 0.15) is 52.4 Å². The monoisotopic (exact) mass is 255 g/mol. The standard InChI is InChI=1S/C14H25NO3/c1-10(2)6-5-9-15-13(16)11-7-3-4-8-12(11)14(17)18/h10-12H,3-9H2,1-2H3,(H,15,16)(H,17,18)/t11-,12+/m1/s1. The van der Waals surface area contributed by atoms with Crippen LogP contribution in [0.5, 0.6) is 0 Å². The van der Waals surface area contributed by atoms with Crippen molar-refractivity contribution in [2.24, 2.45) is 17.8 Å². The fraction of sp³-hybridized carbons (Fsp3) is 0.857. The molecule has 0 bridgehead atoms. The molecule has 1 saturated carbocycles. The average molecular weight is 255 g/mol. The zero-order valence-corrected chi connectivity index (χ0v) is 11.4. The third kappa shape index (κ3) is 4.67. The van der Waals surface area contributed by atoms with E-state index in [9.17, 15) is 9.59 Å². The Hall–Kier alpha value is -1.06. The molecule has 0 aromatic carbocycles. The predicted octanol–water partition coefficient (Wildman–Crippen LogP) is 2.43. The molecule has 0 heterocycles. The zero-order valence-electron chi connectivity index (χ0n) is 11.4. The summed E-state index contributed by atoms with van der Waals surface area (Å²) in [5, 5.41) is 12.0. The van der Waals surface area contributed by atoms with Crippen molar-refractivity contribution < 1.29 is 14.7 Å². The highest BCUT2D eigenvalue weighted by Gasteiger charge is 2.35. The van der Waals surface area contributed by atoms with Gasteiger partial charge in [0.15, 0.2) is 0 Å². The van der Waals surface area contributed by atoms with Gasteiger partial charge in [0.1, 0.15) is 0 Å². The number of amides is 1. The Kier molecular flexibility index (Phi) is 6.16. The van der Waals surface area contributed by atoms with E-state index in [2.05, 4.69) is 19.2 Å². The van der Waals surface area contributed by atoms with Gasteiger partial charge < -0.3 is 10.4 Å². The van der Waals surface area contributed by atoms with Gasteiger partial charge in [0.05, 0.1) is 11.8 Å². The summed E-state index contributed by atoms with van der Waals surface area (Å²) in [6.07, 6.45) is 5.30. The summed E-state index contributed by atoms with van der Waals surface area (Å²) >= 11 is 0. The molecule has 0 aromatic rings. The number of carbonyl (C=O) groups is 2. The molecule has 18 heavy (non-hydrogen) atoms. The second-order valence-corrected chi connectivity index (χ2v) is 5.66. The van der Waals surface area contributed by atoms with E-state index in [4.69, 9.17) is 5.11 Å². The van der Waals surface area contributed by atoms with Crippen LogP contribution in [-0.2, 0) is 9.59 Å². The number of carbonyl (C=O) groups excluding carboxylic acids is 1. The molecule has 0 spiro atoms. The first-order valence-electron chi connectivity index (χ1n) is 7.03. The molecular formula is C14H25NO3. The van der Waals surface area contributed by atoms with Crippen LogP contribution in [0.25, 0.3) is 0 Å². The van der Waals surface area contributed by atoms with Crippen LogP contribution in [0.15, 0.2) is 0 Å². The van der Waals surface area contributed by atoms with E-state index in [1.54, 1.807) is 0 Å². The molecule has 0 radical (unpaired) electrons. The van der Waals surface area contributed by atoms with Crippen molar-refractivity contribution in [3.8, 4) is 0 Å². The molecule has 104 valence electrons. The van der Waals surface area contributed by atoms with Crippen molar-refractivity contribution in [1.82, 2.24) is 5.32 Å². The summed E-state index contributed by atoms with van der Waals surface area (Å²) in [6, 6.07) is 0. The lowest BCUT2D eigenvalue weighted by Crippen LogP contribution is -2.40. The van der Waals surface area contributed by atoms with Gasteiger partial charge in [0.2, 0.25) is 5.91 Å². The lowest BCUT2D eigenvalue weighted by molar-refractivity contribution is -0.148. The Labute approximate surface area is 109 Å². The van der Waals surface area contributed by atoms with Gasteiger partial charge >= 0.3 is 5.97 Å². The number of hydrogen-bond acceptors (Lipinski definition) is 2. The molecule has 4 heteroatoms. The first-order chi connectivity index (χ1) is 8.52. The molecule has 0 aliphatic heterocycles. The summed E-state index contributed by atoms with van der Waals surface area (Å²) in [4.78, 5) is 23.1. The van der Waals surface area contributed by atoms with Gasteiger partial charge in [-0.05, 0) is 31.6 Å². The van der Waals surface area contributed by atoms with E-state index in [0.29, 0.717) is 25.3 Å². The molecule has 0 saturated heterocycles. The Morgan fingerprint density at radius 3 is 2.39 bits per heavy atom. The van der Waals surface area contributed by atoms with Gasteiger partial charge in [-0.15, -0.1) is 0 Å². The smallest absolute Gasteiger partial charge is 0.307 e. The normalized spacial score (nSPS) is 23.9. The fourth-order valence-corrected chi connectivity index (χ4v) is 2.59. The highest BCUT2D eigenvalue weighted by atomic mass is 16.4. The number of nitrogens with one attached hydrogen (secondary N) is 1. The molecule has 4 nitrogen and oxygen atoms in total. The minimum atomic E-state index is -0.822. The Balaban J connectivity index is 2.36. The molecular weight excluding hydrogens is 230 g/mol. The van der Waals surface area contributed by atoms with Gasteiger partial charge in [0.25, 0.3) is 0 Å². The molecule has 1 fully saturated rings. The van der Waals surface area contributed by atoms with Gasteiger partial charge in [-0.3, -0.25) is 9.59 Å². The van der Waals surface area contributed by atoms with Gasteiger partial charge in [-0.2, -0.15) is 0 Å². The predicted molar refractivity (Wildman–Crippen MR) is 70.2 cm³/mol. The molecule has 0 aromatic heterocycles. The molecule has 0 unspecified atom stereocenters. The maximum atomic E-state index is 12.0. The molecule has 2 N–H and O–H groups in total. The Morgan fingerprint density at radius 2 is 1.83 bits per heavy atom. The molecule has 1 rings (SSSR count). The average Bonchev–Trinajstić information content (AvgIpc) is 2.34. The van der Waals surface area contributed by atoms with Gasteiger partial charge in [-0.25, -0.2) is 0 Å². The second kappa shape index (κ2) is 7.39. The maximum Gasteiger partial charge on any atom is 0.307 e. The van der Waals surface area contributed by atoms with E-state index in [-0.39, 0.29) is 11.8 Å². The van der Waals surface area contributed by atoms with E-state index < -0.39 is 11.9 Å². The highest BCUT2D eigenvalue weighted by molar-refractivity contribution is 5.84. The summed E-state index contributed by atoms with van der Waals surface area (Å²) in [5.41, 5.74) is 0. The van der Waals surface area contributed by atoms with Crippen LogP contribution >= 0.6 is 0 Å². The summed E-state index contributed by atoms with van der Waals surface area (Å²) in [5.74, 6) is -1.05.